The Labute approximate surface area is 102 Å². The summed E-state index contributed by atoms with van der Waals surface area (Å²) in [5.41, 5.74) is 5.44. The molecule has 1 amide bonds. The molecule has 1 aliphatic heterocycles. The molecular formula is C10H19ClN2OS. The van der Waals surface area contributed by atoms with Crippen molar-refractivity contribution in [1.29, 1.82) is 0 Å². The van der Waals surface area contributed by atoms with Crippen molar-refractivity contribution in [3.8, 4) is 0 Å². The Morgan fingerprint density at radius 2 is 2.27 bits per heavy atom. The lowest BCUT2D eigenvalue weighted by atomic mass is 10.2. The van der Waals surface area contributed by atoms with Crippen LogP contribution < -0.4 is 5.73 Å². The first kappa shape index (κ1) is 13.1. The number of amides is 1. The van der Waals surface area contributed by atoms with E-state index in [2.05, 4.69) is 6.92 Å². The molecule has 15 heavy (non-hydrogen) atoms. The molecule has 0 bridgehead atoms. The monoisotopic (exact) mass is 250 g/mol. The first-order valence-electron chi connectivity index (χ1n) is 5.35. The Balaban J connectivity index is 0.00000112. The van der Waals surface area contributed by atoms with Gasteiger partial charge in [0.15, 0.2) is 0 Å². The topological polar surface area (TPSA) is 46.3 Å². The van der Waals surface area contributed by atoms with Gasteiger partial charge in [-0.3, -0.25) is 4.79 Å². The smallest absolute Gasteiger partial charge is 0.242 e. The maximum atomic E-state index is 11.9. The third kappa shape index (κ3) is 2.80. The van der Waals surface area contributed by atoms with Crippen LogP contribution in [0.5, 0.6) is 0 Å². The summed E-state index contributed by atoms with van der Waals surface area (Å²) >= 11 is 1.98. The molecule has 1 unspecified atom stereocenters. The maximum Gasteiger partial charge on any atom is 0.242 e. The van der Waals surface area contributed by atoms with Gasteiger partial charge in [-0.2, -0.15) is 11.8 Å². The molecule has 1 aliphatic carbocycles. The molecule has 88 valence electrons. The molecule has 0 aromatic rings. The number of rotatable bonds is 2. The number of carbonyl (C=O) groups is 1. The molecule has 3 nitrogen and oxygen atoms in total. The zero-order chi connectivity index (χ0) is 10.2. The summed E-state index contributed by atoms with van der Waals surface area (Å²) in [6, 6.07) is 0. The Morgan fingerprint density at radius 1 is 1.60 bits per heavy atom. The normalized spacial score (nSPS) is 28.1. The summed E-state index contributed by atoms with van der Waals surface area (Å²) in [6.07, 6.45) is 2.91. The summed E-state index contributed by atoms with van der Waals surface area (Å²) in [6.45, 7) is 3.97. The van der Waals surface area contributed by atoms with Crippen LogP contribution in [0.4, 0.5) is 0 Å². The van der Waals surface area contributed by atoms with Gasteiger partial charge in [0.2, 0.25) is 5.91 Å². The third-order valence-electron chi connectivity index (χ3n) is 3.10. The second kappa shape index (κ2) is 4.93. The molecule has 0 radical (unpaired) electrons. The van der Waals surface area contributed by atoms with Crippen LogP contribution in [0.1, 0.15) is 26.2 Å². The highest BCUT2D eigenvalue weighted by Crippen LogP contribution is 2.35. The van der Waals surface area contributed by atoms with Crippen LogP contribution >= 0.6 is 24.2 Å². The van der Waals surface area contributed by atoms with Gasteiger partial charge in [-0.25, -0.2) is 0 Å². The fourth-order valence-corrected chi connectivity index (χ4v) is 2.99. The van der Waals surface area contributed by atoms with E-state index >= 15 is 0 Å². The summed E-state index contributed by atoms with van der Waals surface area (Å²) in [5, 5.41) is 0.620. The predicted molar refractivity (Wildman–Crippen MR) is 66.5 cm³/mol. The molecule has 2 aliphatic rings. The van der Waals surface area contributed by atoms with Gasteiger partial charge < -0.3 is 10.6 Å². The Morgan fingerprint density at radius 3 is 2.80 bits per heavy atom. The van der Waals surface area contributed by atoms with E-state index < -0.39 is 5.54 Å². The molecule has 0 aromatic heterocycles. The number of halogens is 1. The maximum absolute atomic E-state index is 11.9. The summed E-state index contributed by atoms with van der Waals surface area (Å²) in [4.78, 5) is 13.9. The first-order chi connectivity index (χ1) is 6.65. The van der Waals surface area contributed by atoms with E-state index in [-0.39, 0.29) is 18.3 Å². The quantitative estimate of drug-likeness (QED) is 0.803. The third-order valence-corrected chi connectivity index (χ3v) is 4.47. The van der Waals surface area contributed by atoms with Crippen LogP contribution in [-0.2, 0) is 4.79 Å². The van der Waals surface area contributed by atoms with Gasteiger partial charge in [0.05, 0.1) is 5.54 Å². The number of hydrogen-bond acceptors (Lipinski definition) is 3. The summed E-state index contributed by atoms with van der Waals surface area (Å²) < 4.78 is 0. The molecule has 0 aromatic carbocycles. The van der Waals surface area contributed by atoms with Crippen LogP contribution in [0.3, 0.4) is 0 Å². The first-order valence-corrected chi connectivity index (χ1v) is 6.40. The predicted octanol–water partition coefficient (Wildman–Crippen LogP) is 1.25. The molecule has 2 fully saturated rings. The molecule has 1 saturated heterocycles. The fraction of sp³-hybridized carbons (Fsp3) is 0.900. The molecule has 2 N–H and O–H groups in total. The van der Waals surface area contributed by atoms with Crippen molar-refractivity contribution in [3.05, 3.63) is 0 Å². The van der Waals surface area contributed by atoms with Crippen molar-refractivity contribution in [2.75, 3.05) is 18.8 Å². The number of thioether (sulfide) groups is 1. The van der Waals surface area contributed by atoms with Gasteiger partial charge in [0.1, 0.15) is 0 Å². The second-order valence-corrected chi connectivity index (χ2v) is 5.72. The van der Waals surface area contributed by atoms with Crippen LogP contribution in [0.15, 0.2) is 0 Å². The van der Waals surface area contributed by atoms with E-state index in [0.717, 1.165) is 38.1 Å². The van der Waals surface area contributed by atoms with Gasteiger partial charge >= 0.3 is 0 Å². The van der Waals surface area contributed by atoms with Crippen LogP contribution in [-0.4, -0.2) is 40.4 Å². The van der Waals surface area contributed by atoms with Gasteiger partial charge in [-0.05, 0) is 19.3 Å². The van der Waals surface area contributed by atoms with E-state index in [9.17, 15) is 4.79 Å². The van der Waals surface area contributed by atoms with E-state index in [1.54, 1.807) is 0 Å². The van der Waals surface area contributed by atoms with Crippen molar-refractivity contribution in [1.82, 2.24) is 4.90 Å². The fourth-order valence-electron chi connectivity index (χ4n) is 1.81. The standard InChI is InChI=1S/C10H18N2OS.ClH/c1-2-8-7-12(5-6-14-8)9(13)10(11)3-4-10;/h8H,2-7,11H2,1H3;1H. The molecular weight excluding hydrogens is 232 g/mol. The van der Waals surface area contributed by atoms with Crippen LogP contribution in [0.2, 0.25) is 0 Å². The minimum Gasteiger partial charge on any atom is -0.339 e. The van der Waals surface area contributed by atoms with E-state index in [1.807, 2.05) is 16.7 Å². The lowest BCUT2D eigenvalue weighted by Gasteiger charge is -2.33. The largest absolute Gasteiger partial charge is 0.339 e. The molecule has 0 spiro atoms. The van der Waals surface area contributed by atoms with Crippen LogP contribution in [0, 0.1) is 0 Å². The minimum absolute atomic E-state index is 0. The summed E-state index contributed by atoms with van der Waals surface area (Å²) in [5.74, 6) is 1.26. The average Bonchev–Trinajstić information content (AvgIpc) is 2.97. The molecule has 1 saturated carbocycles. The highest BCUT2D eigenvalue weighted by Gasteiger charge is 2.48. The minimum atomic E-state index is -0.472. The Hall–Kier alpha value is 0.0700. The molecule has 2 rings (SSSR count). The zero-order valence-corrected chi connectivity index (χ0v) is 10.7. The average molecular weight is 251 g/mol. The van der Waals surface area contributed by atoms with Crippen molar-refractivity contribution in [3.63, 3.8) is 0 Å². The van der Waals surface area contributed by atoms with Crippen molar-refractivity contribution < 1.29 is 4.79 Å². The Kier molecular flexibility index (Phi) is 4.32. The van der Waals surface area contributed by atoms with Crippen molar-refractivity contribution >= 4 is 30.1 Å². The lowest BCUT2D eigenvalue weighted by Crippen LogP contribution is -2.50. The van der Waals surface area contributed by atoms with Gasteiger partial charge in [-0.1, -0.05) is 6.92 Å². The van der Waals surface area contributed by atoms with Crippen molar-refractivity contribution in [2.24, 2.45) is 5.73 Å². The summed E-state index contributed by atoms with van der Waals surface area (Å²) in [7, 11) is 0. The van der Waals surface area contributed by atoms with Gasteiger partial charge in [-0.15, -0.1) is 12.4 Å². The SMILES string of the molecule is CCC1CN(C(=O)C2(N)CC2)CCS1.Cl. The van der Waals surface area contributed by atoms with Crippen molar-refractivity contribution in [2.45, 2.75) is 37.0 Å². The van der Waals surface area contributed by atoms with E-state index in [1.165, 1.54) is 0 Å². The second-order valence-electron chi connectivity index (χ2n) is 4.31. The number of nitrogens with zero attached hydrogens (tertiary/aromatic N) is 1. The zero-order valence-electron chi connectivity index (χ0n) is 9.07. The highest BCUT2D eigenvalue weighted by atomic mass is 35.5. The van der Waals surface area contributed by atoms with Gasteiger partial charge in [0, 0.05) is 24.1 Å². The number of hydrogen-bond donors (Lipinski definition) is 1. The Bertz CT molecular complexity index is 246. The van der Waals surface area contributed by atoms with Crippen LogP contribution in [0.25, 0.3) is 0 Å². The number of nitrogens with two attached hydrogens (primary N) is 1. The molecule has 1 heterocycles. The lowest BCUT2D eigenvalue weighted by molar-refractivity contribution is -0.133. The van der Waals surface area contributed by atoms with E-state index in [4.69, 9.17) is 5.73 Å². The molecule has 5 heteroatoms. The van der Waals surface area contributed by atoms with Gasteiger partial charge in [0.25, 0.3) is 0 Å². The van der Waals surface area contributed by atoms with E-state index in [0.29, 0.717) is 5.25 Å². The molecule has 1 atom stereocenters. The number of carbonyl (C=O) groups excluding carboxylic acids is 1. The highest BCUT2D eigenvalue weighted by molar-refractivity contribution is 8.00.